The average molecular weight is 293 g/mol. The summed E-state index contributed by atoms with van der Waals surface area (Å²) in [4.78, 5) is 0. The Morgan fingerprint density at radius 2 is 1.76 bits per heavy atom. The largest absolute Gasteiger partial charge is 0.374 e. The van der Waals surface area contributed by atoms with Crippen molar-refractivity contribution in [3.8, 4) is 0 Å². The minimum absolute atomic E-state index is 0.477. The first-order valence-electron chi connectivity index (χ1n) is 9.61. The van der Waals surface area contributed by atoms with Crippen LogP contribution in [0, 0.1) is 11.3 Å². The molecule has 0 radical (unpaired) electrons. The van der Waals surface area contributed by atoms with Gasteiger partial charge in [-0.25, -0.2) is 0 Å². The highest BCUT2D eigenvalue weighted by Crippen LogP contribution is 2.53. The molecule has 3 rings (SSSR count). The Morgan fingerprint density at radius 3 is 2.43 bits per heavy atom. The van der Waals surface area contributed by atoms with Crippen molar-refractivity contribution in [3.63, 3.8) is 0 Å². The van der Waals surface area contributed by atoms with Crippen LogP contribution >= 0.6 is 0 Å². The summed E-state index contributed by atoms with van der Waals surface area (Å²) in [5.74, 6) is 0.925. The van der Waals surface area contributed by atoms with E-state index >= 15 is 0 Å². The van der Waals surface area contributed by atoms with Crippen LogP contribution in [0.5, 0.6) is 0 Å². The van der Waals surface area contributed by atoms with Crippen molar-refractivity contribution in [1.29, 1.82) is 0 Å². The van der Waals surface area contributed by atoms with Gasteiger partial charge in [-0.2, -0.15) is 0 Å². The number of hydrogen-bond acceptors (Lipinski definition) is 2. The molecule has 122 valence electrons. The Kier molecular flexibility index (Phi) is 5.27. The highest BCUT2D eigenvalue weighted by molar-refractivity contribution is 5.08. The molecule has 0 aliphatic heterocycles. The Bertz CT molecular complexity index is 322. The van der Waals surface area contributed by atoms with Crippen molar-refractivity contribution in [1.82, 2.24) is 5.32 Å². The first-order valence-corrected chi connectivity index (χ1v) is 9.61. The van der Waals surface area contributed by atoms with Gasteiger partial charge in [0.25, 0.3) is 0 Å². The van der Waals surface area contributed by atoms with Crippen molar-refractivity contribution in [2.75, 3.05) is 7.05 Å². The minimum Gasteiger partial charge on any atom is -0.374 e. The van der Waals surface area contributed by atoms with Crippen LogP contribution in [0.3, 0.4) is 0 Å². The van der Waals surface area contributed by atoms with E-state index in [4.69, 9.17) is 4.74 Å². The SMILES string of the molecule is CCC1CCCC(OC2CC(NC)C23CCCCCC3)C1. The zero-order chi connectivity index (χ0) is 14.7. The predicted molar refractivity (Wildman–Crippen MR) is 88.5 cm³/mol. The summed E-state index contributed by atoms with van der Waals surface area (Å²) in [5.41, 5.74) is 0.477. The normalized spacial score (nSPS) is 39.7. The molecule has 4 unspecified atom stereocenters. The fraction of sp³-hybridized carbons (Fsp3) is 1.00. The number of ether oxygens (including phenoxy) is 1. The van der Waals surface area contributed by atoms with Gasteiger partial charge in [0, 0.05) is 11.5 Å². The van der Waals surface area contributed by atoms with E-state index in [1.165, 1.54) is 77.0 Å². The maximum atomic E-state index is 6.70. The molecule has 3 aliphatic carbocycles. The first kappa shape index (κ1) is 15.8. The predicted octanol–water partition coefficient (Wildman–Crippen LogP) is 4.67. The van der Waals surface area contributed by atoms with Gasteiger partial charge >= 0.3 is 0 Å². The second-order valence-corrected chi connectivity index (χ2v) is 7.91. The molecule has 0 aromatic heterocycles. The highest BCUT2D eigenvalue weighted by Gasteiger charge is 2.55. The summed E-state index contributed by atoms with van der Waals surface area (Å²) in [6.45, 7) is 2.35. The van der Waals surface area contributed by atoms with E-state index in [9.17, 15) is 0 Å². The fourth-order valence-corrected chi connectivity index (χ4v) is 5.37. The standard InChI is InChI=1S/C19H35NO/c1-3-15-9-8-10-16(13-15)21-18-14-17(20-2)19(18)11-6-4-5-7-12-19/h15-18,20H,3-14H2,1-2H3. The third-order valence-electron chi connectivity index (χ3n) is 6.84. The van der Waals surface area contributed by atoms with E-state index in [2.05, 4.69) is 19.3 Å². The van der Waals surface area contributed by atoms with E-state index in [-0.39, 0.29) is 0 Å². The van der Waals surface area contributed by atoms with Crippen LogP contribution in [0.25, 0.3) is 0 Å². The van der Waals surface area contributed by atoms with Crippen LogP contribution in [0.4, 0.5) is 0 Å². The zero-order valence-electron chi connectivity index (χ0n) is 14.2. The lowest BCUT2D eigenvalue weighted by Gasteiger charge is -2.57. The van der Waals surface area contributed by atoms with Crippen LogP contribution in [0.2, 0.25) is 0 Å². The molecule has 21 heavy (non-hydrogen) atoms. The van der Waals surface area contributed by atoms with Gasteiger partial charge in [-0.1, -0.05) is 51.9 Å². The monoisotopic (exact) mass is 293 g/mol. The lowest BCUT2D eigenvalue weighted by Crippen LogP contribution is -2.63. The van der Waals surface area contributed by atoms with Crippen molar-refractivity contribution < 1.29 is 4.74 Å². The molecule has 0 heterocycles. The third-order valence-corrected chi connectivity index (χ3v) is 6.84. The smallest absolute Gasteiger partial charge is 0.0665 e. The molecule has 0 aromatic rings. The highest BCUT2D eigenvalue weighted by atomic mass is 16.5. The lowest BCUT2D eigenvalue weighted by atomic mass is 9.57. The van der Waals surface area contributed by atoms with Gasteiger partial charge in [0.15, 0.2) is 0 Å². The molecule has 4 atom stereocenters. The molecular formula is C19H35NO. The van der Waals surface area contributed by atoms with E-state index < -0.39 is 0 Å². The van der Waals surface area contributed by atoms with E-state index in [0.717, 1.165) is 5.92 Å². The zero-order valence-corrected chi connectivity index (χ0v) is 14.2. The molecule has 0 amide bonds. The molecule has 3 aliphatic rings. The molecule has 2 nitrogen and oxygen atoms in total. The maximum Gasteiger partial charge on any atom is 0.0665 e. The third kappa shape index (κ3) is 3.17. The summed E-state index contributed by atoms with van der Waals surface area (Å²) in [7, 11) is 2.15. The summed E-state index contributed by atoms with van der Waals surface area (Å²) < 4.78 is 6.70. The summed E-state index contributed by atoms with van der Waals surface area (Å²) in [5, 5.41) is 3.60. The van der Waals surface area contributed by atoms with Gasteiger partial charge in [0.2, 0.25) is 0 Å². The van der Waals surface area contributed by atoms with Crippen LogP contribution < -0.4 is 5.32 Å². The van der Waals surface area contributed by atoms with Crippen LogP contribution in [-0.4, -0.2) is 25.3 Å². The summed E-state index contributed by atoms with van der Waals surface area (Å²) >= 11 is 0. The Hall–Kier alpha value is -0.0800. The van der Waals surface area contributed by atoms with E-state index in [1.807, 2.05) is 0 Å². The Labute approximate surface area is 131 Å². The van der Waals surface area contributed by atoms with Crippen LogP contribution in [-0.2, 0) is 4.74 Å². The molecule has 3 saturated carbocycles. The molecule has 0 saturated heterocycles. The van der Waals surface area contributed by atoms with Gasteiger partial charge in [-0.3, -0.25) is 0 Å². The van der Waals surface area contributed by atoms with Crippen molar-refractivity contribution in [2.45, 2.75) is 102 Å². The van der Waals surface area contributed by atoms with Crippen molar-refractivity contribution in [3.05, 3.63) is 0 Å². The van der Waals surface area contributed by atoms with Crippen molar-refractivity contribution in [2.24, 2.45) is 11.3 Å². The second-order valence-electron chi connectivity index (χ2n) is 7.91. The number of rotatable bonds is 4. The second kappa shape index (κ2) is 7.00. The Morgan fingerprint density at radius 1 is 1.00 bits per heavy atom. The molecule has 1 spiro atoms. The molecule has 2 heteroatoms. The molecule has 0 bridgehead atoms. The summed E-state index contributed by atoms with van der Waals surface area (Å²) in [6.07, 6.45) is 17.7. The van der Waals surface area contributed by atoms with Crippen LogP contribution in [0.15, 0.2) is 0 Å². The number of hydrogen-bond donors (Lipinski definition) is 1. The van der Waals surface area contributed by atoms with E-state index in [1.54, 1.807) is 0 Å². The molecule has 1 N–H and O–H groups in total. The quantitative estimate of drug-likeness (QED) is 0.813. The molecular weight excluding hydrogens is 258 g/mol. The van der Waals surface area contributed by atoms with Gasteiger partial charge < -0.3 is 10.1 Å². The minimum atomic E-state index is 0.477. The lowest BCUT2D eigenvalue weighted by molar-refractivity contribution is -0.176. The topological polar surface area (TPSA) is 21.3 Å². The van der Waals surface area contributed by atoms with Gasteiger partial charge in [0.05, 0.1) is 12.2 Å². The fourth-order valence-electron chi connectivity index (χ4n) is 5.37. The molecule has 3 fully saturated rings. The maximum absolute atomic E-state index is 6.70. The summed E-state index contributed by atoms with van der Waals surface area (Å²) in [6, 6.07) is 0.714. The average Bonchev–Trinajstić information content (AvgIpc) is 2.79. The van der Waals surface area contributed by atoms with Gasteiger partial charge in [0.1, 0.15) is 0 Å². The van der Waals surface area contributed by atoms with E-state index in [0.29, 0.717) is 23.7 Å². The number of nitrogens with one attached hydrogen (secondary N) is 1. The van der Waals surface area contributed by atoms with Crippen LogP contribution in [0.1, 0.15) is 84.0 Å². The molecule has 0 aromatic carbocycles. The first-order chi connectivity index (χ1) is 10.3. The van der Waals surface area contributed by atoms with Gasteiger partial charge in [-0.05, 0) is 45.1 Å². The van der Waals surface area contributed by atoms with Gasteiger partial charge in [-0.15, -0.1) is 0 Å². The van der Waals surface area contributed by atoms with Crippen molar-refractivity contribution >= 4 is 0 Å². The Balaban J connectivity index is 1.61.